The number of hydrogen-bond donors (Lipinski definition) is 2. The number of amides is 1. The van der Waals surface area contributed by atoms with E-state index in [1.165, 1.54) is 0 Å². The first kappa shape index (κ1) is 13.4. The maximum atomic E-state index is 11.4. The Bertz CT molecular complexity index is 160. The van der Waals surface area contributed by atoms with Gasteiger partial charge in [-0.15, -0.1) is 0 Å². The van der Waals surface area contributed by atoms with E-state index in [0.717, 1.165) is 19.5 Å². The van der Waals surface area contributed by atoms with Crippen LogP contribution >= 0.6 is 0 Å². The van der Waals surface area contributed by atoms with E-state index in [1.54, 1.807) is 0 Å². The fourth-order valence-electron chi connectivity index (χ4n) is 1.21. The third kappa shape index (κ3) is 6.86. The smallest absolute Gasteiger partial charge is 0.234 e. The van der Waals surface area contributed by atoms with Gasteiger partial charge >= 0.3 is 0 Å². The summed E-state index contributed by atoms with van der Waals surface area (Å²) in [6, 6.07) is 0.194. The van der Waals surface area contributed by atoms with Crippen LogP contribution in [0.2, 0.25) is 0 Å². The molecule has 0 aliphatic rings. The van der Waals surface area contributed by atoms with Gasteiger partial charge in [0.15, 0.2) is 0 Å². The molecule has 1 amide bonds. The maximum Gasteiger partial charge on any atom is 0.234 e. The van der Waals surface area contributed by atoms with E-state index in [2.05, 4.69) is 5.32 Å². The number of carbonyl (C=O) groups excluding carboxylic acids is 1. The van der Waals surface area contributed by atoms with Crippen LogP contribution in [0.3, 0.4) is 0 Å². The maximum absolute atomic E-state index is 11.4. The summed E-state index contributed by atoms with van der Waals surface area (Å²) in [6.45, 7) is 8.13. The lowest BCUT2D eigenvalue weighted by Crippen LogP contribution is -2.40. The van der Waals surface area contributed by atoms with Crippen LogP contribution in [0.4, 0.5) is 0 Å². The van der Waals surface area contributed by atoms with Crippen LogP contribution in [0.5, 0.6) is 0 Å². The topological polar surface area (TPSA) is 52.6 Å². The Labute approximate surface area is 86.3 Å². The van der Waals surface area contributed by atoms with Gasteiger partial charge in [0.2, 0.25) is 5.91 Å². The number of carbonyl (C=O) groups is 1. The molecule has 0 bridgehead atoms. The molecule has 0 saturated carbocycles. The predicted octanol–water partition coefficient (Wildman–Crippen LogP) is 0.215. The van der Waals surface area contributed by atoms with Gasteiger partial charge in [-0.25, -0.2) is 0 Å². The van der Waals surface area contributed by atoms with Crippen LogP contribution in [0.15, 0.2) is 0 Å². The van der Waals surface area contributed by atoms with Crippen molar-refractivity contribution in [3.05, 3.63) is 0 Å². The zero-order valence-corrected chi connectivity index (χ0v) is 9.42. The number of aliphatic hydroxyl groups is 1. The summed E-state index contributed by atoms with van der Waals surface area (Å²) < 4.78 is 0. The van der Waals surface area contributed by atoms with E-state index >= 15 is 0 Å². The third-order valence-electron chi connectivity index (χ3n) is 1.90. The molecular weight excluding hydrogens is 180 g/mol. The first-order chi connectivity index (χ1) is 6.60. The minimum absolute atomic E-state index is 0.0554. The number of nitrogens with zero attached hydrogens (tertiary/aromatic N) is 1. The Kier molecular flexibility index (Phi) is 7.42. The summed E-state index contributed by atoms with van der Waals surface area (Å²) in [4.78, 5) is 13.4. The standard InChI is InChI=1S/C10H22N2O2/c1-4-12(6-5-7-13)8-10(14)11-9(2)3/h9,13H,4-8H2,1-3H3,(H,11,14). The van der Waals surface area contributed by atoms with E-state index in [-0.39, 0.29) is 18.6 Å². The molecule has 2 N–H and O–H groups in total. The van der Waals surface area contributed by atoms with Gasteiger partial charge in [0.05, 0.1) is 6.54 Å². The lowest BCUT2D eigenvalue weighted by atomic mass is 10.3. The summed E-state index contributed by atoms with van der Waals surface area (Å²) in [5.41, 5.74) is 0. The Balaban J connectivity index is 3.74. The first-order valence-electron chi connectivity index (χ1n) is 5.22. The summed E-state index contributed by atoms with van der Waals surface area (Å²) in [7, 11) is 0. The molecule has 84 valence electrons. The molecule has 0 spiro atoms. The molecule has 4 heteroatoms. The van der Waals surface area contributed by atoms with Gasteiger partial charge < -0.3 is 10.4 Å². The zero-order valence-electron chi connectivity index (χ0n) is 9.42. The predicted molar refractivity (Wildman–Crippen MR) is 57.1 cm³/mol. The van der Waals surface area contributed by atoms with Crippen LogP contribution in [0, 0.1) is 0 Å². The number of aliphatic hydroxyl groups excluding tert-OH is 1. The highest BCUT2D eigenvalue weighted by molar-refractivity contribution is 5.78. The quantitative estimate of drug-likeness (QED) is 0.621. The fraction of sp³-hybridized carbons (Fsp3) is 0.900. The molecule has 0 radical (unpaired) electrons. The van der Waals surface area contributed by atoms with Crippen LogP contribution in [-0.4, -0.2) is 48.2 Å². The molecule has 0 heterocycles. The number of nitrogens with one attached hydrogen (secondary N) is 1. The average Bonchev–Trinajstić information content (AvgIpc) is 2.10. The molecule has 0 fully saturated rings. The van der Waals surface area contributed by atoms with Crippen LogP contribution in [0.25, 0.3) is 0 Å². The van der Waals surface area contributed by atoms with Gasteiger partial charge in [-0.2, -0.15) is 0 Å². The molecule has 14 heavy (non-hydrogen) atoms. The van der Waals surface area contributed by atoms with Crippen molar-refractivity contribution in [3.63, 3.8) is 0 Å². The van der Waals surface area contributed by atoms with Crippen molar-refractivity contribution in [2.75, 3.05) is 26.2 Å². The van der Waals surface area contributed by atoms with Gasteiger partial charge in [0.1, 0.15) is 0 Å². The SMILES string of the molecule is CCN(CCCO)CC(=O)NC(C)C. The fourth-order valence-corrected chi connectivity index (χ4v) is 1.21. The van der Waals surface area contributed by atoms with Crippen LogP contribution < -0.4 is 5.32 Å². The van der Waals surface area contributed by atoms with Crippen molar-refractivity contribution in [1.82, 2.24) is 10.2 Å². The Hall–Kier alpha value is -0.610. The van der Waals surface area contributed by atoms with Crippen molar-refractivity contribution < 1.29 is 9.90 Å². The van der Waals surface area contributed by atoms with Crippen molar-refractivity contribution in [3.8, 4) is 0 Å². The lowest BCUT2D eigenvalue weighted by Gasteiger charge is -2.19. The summed E-state index contributed by atoms with van der Waals surface area (Å²) >= 11 is 0. The average molecular weight is 202 g/mol. The number of hydrogen-bond acceptors (Lipinski definition) is 3. The molecule has 0 saturated heterocycles. The summed E-state index contributed by atoms with van der Waals surface area (Å²) in [6.07, 6.45) is 0.725. The third-order valence-corrected chi connectivity index (χ3v) is 1.90. The van der Waals surface area contributed by atoms with Crippen LogP contribution in [0.1, 0.15) is 27.2 Å². The van der Waals surface area contributed by atoms with E-state index in [1.807, 2.05) is 25.7 Å². The highest BCUT2D eigenvalue weighted by atomic mass is 16.3. The molecule has 0 aromatic carbocycles. The van der Waals surface area contributed by atoms with Gasteiger partial charge in [-0.05, 0) is 26.8 Å². The minimum atomic E-state index is 0.0554. The Morgan fingerprint density at radius 3 is 2.57 bits per heavy atom. The monoisotopic (exact) mass is 202 g/mol. The first-order valence-corrected chi connectivity index (χ1v) is 5.22. The molecule has 0 aliphatic carbocycles. The normalized spacial score (nSPS) is 11.0. The van der Waals surface area contributed by atoms with Gasteiger partial charge in [-0.3, -0.25) is 9.69 Å². The highest BCUT2D eigenvalue weighted by Gasteiger charge is 2.08. The minimum Gasteiger partial charge on any atom is -0.396 e. The van der Waals surface area contributed by atoms with Gasteiger partial charge in [0.25, 0.3) is 0 Å². The van der Waals surface area contributed by atoms with E-state index in [0.29, 0.717) is 6.54 Å². The Morgan fingerprint density at radius 2 is 2.14 bits per heavy atom. The highest BCUT2D eigenvalue weighted by Crippen LogP contribution is 1.91. The molecule has 0 aromatic heterocycles. The van der Waals surface area contributed by atoms with Crippen LogP contribution in [-0.2, 0) is 4.79 Å². The molecule has 0 rings (SSSR count). The van der Waals surface area contributed by atoms with Crippen molar-refractivity contribution in [2.45, 2.75) is 33.2 Å². The number of likely N-dealkylation sites (N-methyl/N-ethyl adjacent to an activating group) is 1. The van der Waals surface area contributed by atoms with E-state index in [9.17, 15) is 4.79 Å². The molecule has 0 atom stereocenters. The van der Waals surface area contributed by atoms with Gasteiger partial charge in [0, 0.05) is 19.2 Å². The van der Waals surface area contributed by atoms with Crippen molar-refractivity contribution in [2.24, 2.45) is 0 Å². The van der Waals surface area contributed by atoms with Crippen molar-refractivity contribution in [1.29, 1.82) is 0 Å². The second-order valence-electron chi connectivity index (χ2n) is 3.67. The molecule has 4 nitrogen and oxygen atoms in total. The molecular formula is C10H22N2O2. The largest absolute Gasteiger partial charge is 0.396 e. The summed E-state index contributed by atoms with van der Waals surface area (Å²) in [5, 5.41) is 11.5. The van der Waals surface area contributed by atoms with Gasteiger partial charge in [-0.1, -0.05) is 6.92 Å². The Morgan fingerprint density at radius 1 is 1.50 bits per heavy atom. The van der Waals surface area contributed by atoms with E-state index in [4.69, 9.17) is 5.11 Å². The molecule has 0 unspecified atom stereocenters. The lowest BCUT2D eigenvalue weighted by molar-refractivity contribution is -0.122. The number of rotatable bonds is 7. The second-order valence-corrected chi connectivity index (χ2v) is 3.67. The van der Waals surface area contributed by atoms with E-state index < -0.39 is 0 Å². The van der Waals surface area contributed by atoms with Crippen molar-refractivity contribution >= 4 is 5.91 Å². The zero-order chi connectivity index (χ0) is 11.0. The second kappa shape index (κ2) is 7.76. The summed E-state index contributed by atoms with van der Waals surface area (Å²) in [5.74, 6) is 0.0554. The molecule has 0 aliphatic heterocycles. The molecule has 0 aromatic rings.